The molecule has 0 radical (unpaired) electrons. The van der Waals surface area contributed by atoms with Gasteiger partial charge in [-0.3, -0.25) is 10.1 Å². The first-order valence-corrected chi connectivity index (χ1v) is 9.28. The van der Waals surface area contributed by atoms with Gasteiger partial charge in [-0.2, -0.15) is 0 Å². The molecule has 0 saturated heterocycles. The van der Waals surface area contributed by atoms with Crippen molar-refractivity contribution in [3.63, 3.8) is 0 Å². The molecular weight excluding hydrogens is 342 g/mol. The number of sulfonamides is 1. The van der Waals surface area contributed by atoms with E-state index in [0.717, 1.165) is 17.2 Å². The molecule has 0 spiro atoms. The van der Waals surface area contributed by atoms with Crippen LogP contribution < -0.4 is 10.0 Å². The summed E-state index contributed by atoms with van der Waals surface area (Å²) in [4.78, 5) is 10.6. The first-order chi connectivity index (χ1) is 11.7. The van der Waals surface area contributed by atoms with E-state index >= 15 is 0 Å². The van der Waals surface area contributed by atoms with Crippen molar-refractivity contribution in [1.29, 1.82) is 0 Å². The number of anilines is 1. The summed E-state index contributed by atoms with van der Waals surface area (Å²) in [6.07, 6.45) is 0. The van der Waals surface area contributed by atoms with Gasteiger partial charge in [-0.15, -0.1) is 0 Å². The van der Waals surface area contributed by atoms with Crippen molar-refractivity contribution in [3.8, 4) is 0 Å². The lowest BCUT2D eigenvalue weighted by molar-refractivity contribution is -0.384. The van der Waals surface area contributed by atoms with Crippen LogP contribution in [0.1, 0.15) is 25.0 Å². The molecule has 2 aromatic rings. The molecule has 2 N–H and O–H groups in total. The second kappa shape index (κ2) is 7.62. The lowest BCUT2D eigenvalue weighted by atomic mass is 10.1. The highest BCUT2D eigenvalue weighted by Crippen LogP contribution is 2.28. The summed E-state index contributed by atoms with van der Waals surface area (Å²) in [5, 5.41) is 14.4. The molecule has 0 atom stereocenters. The average Bonchev–Trinajstić information content (AvgIpc) is 2.52. The Hall–Kier alpha value is -2.45. The number of nitro benzene ring substituents is 1. The lowest BCUT2D eigenvalue weighted by Crippen LogP contribution is -2.30. The quantitative estimate of drug-likeness (QED) is 0.581. The summed E-state index contributed by atoms with van der Waals surface area (Å²) < 4.78 is 26.8. The zero-order valence-corrected chi connectivity index (χ0v) is 15.1. The number of rotatable bonds is 7. The van der Waals surface area contributed by atoms with E-state index < -0.39 is 14.9 Å². The molecule has 0 amide bonds. The van der Waals surface area contributed by atoms with Gasteiger partial charge in [0.25, 0.3) is 5.69 Å². The van der Waals surface area contributed by atoms with E-state index in [-0.39, 0.29) is 22.3 Å². The maximum absolute atomic E-state index is 12.2. The minimum atomic E-state index is -3.79. The number of nitrogens with zero attached hydrogens (tertiary/aromatic N) is 1. The average molecular weight is 363 g/mol. The van der Waals surface area contributed by atoms with Gasteiger partial charge in [-0.05, 0) is 44.0 Å². The number of aryl methyl sites for hydroxylation is 1. The van der Waals surface area contributed by atoms with Gasteiger partial charge in [0.05, 0.1) is 9.82 Å². The molecule has 0 aromatic heterocycles. The van der Waals surface area contributed by atoms with Crippen LogP contribution in [0.4, 0.5) is 11.4 Å². The number of hydrogen-bond donors (Lipinski definition) is 2. The van der Waals surface area contributed by atoms with Crippen molar-refractivity contribution in [1.82, 2.24) is 4.72 Å². The molecular formula is C17H21N3O4S. The van der Waals surface area contributed by atoms with Gasteiger partial charge in [-0.1, -0.05) is 24.3 Å². The van der Waals surface area contributed by atoms with Crippen LogP contribution in [0.5, 0.6) is 0 Å². The van der Waals surface area contributed by atoms with Crippen molar-refractivity contribution < 1.29 is 13.3 Å². The van der Waals surface area contributed by atoms with E-state index in [1.165, 1.54) is 12.1 Å². The molecule has 2 aromatic carbocycles. The summed E-state index contributed by atoms with van der Waals surface area (Å²) in [5.74, 6) is 0. The second-order valence-corrected chi connectivity index (χ2v) is 7.71. The zero-order chi connectivity index (χ0) is 18.6. The Kier molecular flexibility index (Phi) is 5.76. The number of nitro groups is 1. The van der Waals surface area contributed by atoms with Crippen LogP contribution in [-0.4, -0.2) is 19.4 Å². The fraction of sp³-hybridized carbons (Fsp3) is 0.294. The molecule has 0 aliphatic rings. The van der Waals surface area contributed by atoms with Crippen molar-refractivity contribution in [2.45, 2.75) is 38.3 Å². The maximum Gasteiger partial charge on any atom is 0.293 e. The molecule has 134 valence electrons. The molecule has 8 heteroatoms. The molecule has 7 nitrogen and oxygen atoms in total. The van der Waals surface area contributed by atoms with Crippen LogP contribution >= 0.6 is 0 Å². The fourth-order valence-corrected chi connectivity index (χ4v) is 3.63. The third-order valence-electron chi connectivity index (χ3n) is 3.60. The number of benzene rings is 2. The highest BCUT2D eigenvalue weighted by Gasteiger charge is 2.22. The van der Waals surface area contributed by atoms with Gasteiger partial charge in [0.1, 0.15) is 5.69 Å². The Labute approximate surface area is 147 Å². The van der Waals surface area contributed by atoms with Crippen molar-refractivity contribution >= 4 is 21.4 Å². The number of hydrogen-bond acceptors (Lipinski definition) is 5. The van der Waals surface area contributed by atoms with E-state index in [9.17, 15) is 18.5 Å². The Balaban J connectivity index is 2.31. The van der Waals surface area contributed by atoms with Gasteiger partial charge in [-0.25, -0.2) is 13.1 Å². The van der Waals surface area contributed by atoms with Gasteiger partial charge in [0.15, 0.2) is 0 Å². The first-order valence-electron chi connectivity index (χ1n) is 7.80. The largest absolute Gasteiger partial charge is 0.375 e. The number of nitrogens with one attached hydrogen (secondary N) is 2. The van der Waals surface area contributed by atoms with Crippen molar-refractivity contribution in [2.24, 2.45) is 0 Å². The normalized spacial score (nSPS) is 11.5. The molecule has 0 unspecified atom stereocenters. The molecule has 0 saturated carbocycles. The molecule has 25 heavy (non-hydrogen) atoms. The predicted octanol–water partition coefficient (Wildman–Crippen LogP) is 3.20. The summed E-state index contributed by atoms with van der Waals surface area (Å²) >= 11 is 0. The van der Waals surface area contributed by atoms with Gasteiger partial charge in [0, 0.05) is 18.7 Å². The monoisotopic (exact) mass is 363 g/mol. The Morgan fingerprint density at radius 3 is 2.44 bits per heavy atom. The Morgan fingerprint density at radius 1 is 1.16 bits per heavy atom. The van der Waals surface area contributed by atoms with Crippen LogP contribution in [0.3, 0.4) is 0 Å². The van der Waals surface area contributed by atoms with Crippen LogP contribution in [0.15, 0.2) is 47.4 Å². The van der Waals surface area contributed by atoms with Crippen LogP contribution in [0.25, 0.3) is 0 Å². The van der Waals surface area contributed by atoms with E-state index in [2.05, 4.69) is 10.0 Å². The smallest absolute Gasteiger partial charge is 0.293 e. The van der Waals surface area contributed by atoms with E-state index in [4.69, 9.17) is 0 Å². The van der Waals surface area contributed by atoms with E-state index in [0.29, 0.717) is 6.54 Å². The van der Waals surface area contributed by atoms with Crippen molar-refractivity contribution in [2.75, 3.05) is 5.32 Å². The van der Waals surface area contributed by atoms with Crippen LogP contribution in [-0.2, 0) is 16.6 Å². The summed E-state index contributed by atoms with van der Waals surface area (Å²) in [5.41, 5.74) is 2.07. The summed E-state index contributed by atoms with van der Waals surface area (Å²) in [6, 6.07) is 11.3. The SMILES string of the molecule is Cc1ccccc1CNc1ccc(S(=O)(=O)NC(C)C)cc1[N+](=O)[O-]. The highest BCUT2D eigenvalue weighted by molar-refractivity contribution is 7.89. The molecule has 0 fully saturated rings. The van der Waals surface area contributed by atoms with Crippen molar-refractivity contribution in [3.05, 3.63) is 63.7 Å². The Bertz CT molecular complexity index is 879. The van der Waals surface area contributed by atoms with E-state index in [1.807, 2.05) is 31.2 Å². The van der Waals surface area contributed by atoms with E-state index in [1.54, 1.807) is 13.8 Å². The highest BCUT2D eigenvalue weighted by atomic mass is 32.2. The molecule has 0 heterocycles. The lowest BCUT2D eigenvalue weighted by Gasteiger charge is -2.12. The molecule has 0 aliphatic carbocycles. The predicted molar refractivity (Wildman–Crippen MR) is 97.1 cm³/mol. The zero-order valence-electron chi connectivity index (χ0n) is 14.3. The molecule has 0 aliphatic heterocycles. The topological polar surface area (TPSA) is 101 Å². The third-order valence-corrected chi connectivity index (χ3v) is 5.25. The molecule has 0 bridgehead atoms. The Morgan fingerprint density at radius 2 is 1.84 bits per heavy atom. The van der Waals surface area contributed by atoms with Crippen LogP contribution in [0, 0.1) is 17.0 Å². The van der Waals surface area contributed by atoms with Crippen LogP contribution in [0.2, 0.25) is 0 Å². The minimum Gasteiger partial charge on any atom is -0.375 e. The van der Waals surface area contributed by atoms with Gasteiger partial charge >= 0.3 is 0 Å². The van der Waals surface area contributed by atoms with Gasteiger partial charge < -0.3 is 5.32 Å². The standard InChI is InChI=1S/C17H21N3O4S/c1-12(2)19-25(23,24)15-8-9-16(17(10-15)20(21)22)18-11-14-7-5-4-6-13(14)3/h4-10,12,18-19H,11H2,1-3H3. The third kappa shape index (κ3) is 4.77. The summed E-state index contributed by atoms with van der Waals surface area (Å²) in [7, 11) is -3.79. The molecule has 2 rings (SSSR count). The first kappa shape index (κ1) is 18.9. The minimum absolute atomic E-state index is 0.130. The maximum atomic E-state index is 12.2. The fourth-order valence-electron chi connectivity index (χ4n) is 2.36. The second-order valence-electron chi connectivity index (χ2n) is 5.99. The van der Waals surface area contributed by atoms with Gasteiger partial charge in [0.2, 0.25) is 10.0 Å². The summed E-state index contributed by atoms with van der Waals surface area (Å²) in [6.45, 7) is 5.73.